The maximum atomic E-state index is 14.0. The van der Waals surface area contributed by atoms with E-state index in [-0.39, 0.29) is 16.6 Å². The van der Waals surface area contributed by atoms with Gasteiger partial charge >= 0.3 is 0 Å². The van der Waals surface area contributed by atoms with Gasteiger partial charge in [-0.25, -0.2) is 17.5 Å². The van der Waals surface area contributed by atoms with Crippen LogP contribution in [0.2, 0.25) is 0 Å². The SMILES string of the molecule is Cc1cccc(C(=O)Nc2cc(S(=O)(=O)NC3CC3)ccc2F)c1. The lowest BCUT2D eigenvalue weighted by Gasteiger charge is -2.10. The number of carbonyl (C=O) groups is 1. The van der Waals surface area contributed by atoms with Crippen molar-refractivity contribution in [1.29, 1.82) is 0 Å². The van der Waals surface area contributed by atoms with Gasteiger partial charge in [0.2, 0.25) is 10.0 Å². The fourth-order valence-corrected chi connectivity index (χ4v) is 3.57. The van der Waals surface area contributed by atoms with Crippen LogP contribution in [0.3, 0.4) is 0 Å². The van der Waals surface area contributed by atoms with Crippen LogP contribution in [-0.2, 0) is 10.0 Å². The van der Waals surface area contributed by atoms with E-state index in [0.717, 1.165) is 30.5 Å². The molecule has 126 valence electrons. The van der Waals surface area contributed by atoms with Crippen molar-refractivity contribution < 1.29 is 17.6 Å². The van der Waals surface area contributed by atoms with Crippen LogP contribution in [-0.4, -0.2) is 20.4 Å². The third-order valence-electron chi connectivity index (χ3n) is 3.68. The van der Waals surface area contributed by atoms with Crippen molar-refractivity contribution in [2.45, 2.75) is 30.7 Å². The summed E-state index contributed by atoms with van der Waals surface area (Å²) >= 11 is 0. The third kappa shape index (κ3) is 3.80. The van der Waals surface area contributed by atoms with E-state index < -0.39 is 21.7 Å². The molecule has 1 saturated carbocycles. The monoisotopic (exact) mass is 348 g/mol. The molecule has 2 aromatic carbocycles. The lowest BCUT2D eigenvalue weighted by atomic mass is 10.1. The first-order valence-electron chi connectivity index (χ1n) is 7.55. The molecule has 5 nitrogen and oxygen atoms in total. The van der Waals surface area contributed by atoms with Gasteiger partial charge in [0.25, 0.3) is 5.91 Å². The number of anilines is 1. The molecule has 0 unspecified atom stereocenters. The Morgan fingerprint density at radius 1 is 1.17 bits per heavy atom. The van der Waals surface area contributed by atoms with Crippen LogP contribution in [0.5, 0.6) is 0 Å². The van der Waals surface area contributed by atoms with E-state index >= 15 is 0 Å². The highest BCUT2D eigenvalue weighted by atomic mass is 32.2. The van der Waals surface area contributed by atoms with Crippen LogP contribution in [0.1, 0.15) is 28.8 Å². The summed E-state index contributed by atoms with van der Waals surface area (Å²) < 4.78 is 40.9. The normalized spacial score (nSPS) is 14.4. The Labute approximate surface area is 139 Å². The Morgan fingerprint density at radius 3 is 2.58 bits per heavy atom. The second-order valence-corrected chi connectivity index (χ2v) is 7.57. The smallest absolute Gasteiger partial charge is 0.255 e. The van der Waals surface area contributed by atoms with E-state index in [4.69, 9.17) is 0 Å². The topological polar surface area (TPSA) is 75.3 Å². The van der Waals surface area contributed by atoms with Gasteiger partial charge in [-0.3, -0.25) is 4.79 Å². The molecule has 1 aliphatic carbocycles. The molecule has 1 aliphatic rings. The summed E-state index contributed by atoms with van der Waals surface area (Å²) in [6.07, 6.45) is 1.61. The minimum absolute atomic E-state index is 0.0506. The Kier molecular flexibility index (Phi) is 4.38. The zero-order chi connectivity index (χ0) is 17.3. The summed E-state index contributed by atoms with van der Waals surface area (Å²) in [6.45, 7) is 1.84. The van der Waals surface area contributed by atoms with Gasteiger partial charge in [0.05, 0.1) is 10.6 Å². The van der Waals surface area contributed by atoms with Gasteiger partial charge in [-0.05, 0) is 50.1 Å². The number of halogens is 1. The van der Waals surface area contributed by atoms with Gasteiger partial charge in [-0.1, -0.05) is 17.7 Å². The maximum absolute atomic E-state index is 14.0. The first-order valence-corrected chi connectivity index (χ1v) is 9.03. The van der Waals surface area contributed by atoms with Crippen LogP contribution in [0.15, 0.2) is 47.4 Å². The zero-order valence-electron chi connectivity index (χ0n) is 13.0. The highest BCUT2D eigenvalue weighted by molar-refractivity contribution is 7.89. The summed E-state index contributed by atoms with van der Waals surface area (Å²) in [5, 5.41) is 2.43. The molecule has 7 heteroatoms. The zero-order valence-corrected chi connectivity index (χ0v) is 13.9. The Hall–Kier alpha value is -2.25. The van der Waals surface area contributed by atoms with E-state index in [1.54, 1.807) is 18.2 Å². The van der Waals surface area contributed by atoms with Crippen LogP contribution < -0.4 is 10.0 Å². The molecule has 3 rings (SSSR count). The first kappa shape index (κ1) is 16.6. The van der Waals surface area contributed by atoms with E-state index in [9.17, 15) is 17.6 Å². The van der Waals surface area contributed by atoms with Gasteiger partial charge in [0.15, 0.2) is 0 Å². The van der Waals surface area contributed by atoms with Gasteiger partial charge in [0.1, 0.15) is 5.82 Å². The number of hydrogen-bond acceptors (Lipinski definition) is 3. The van der Waals surface area contributed by atoms with E-state index in [1.165, 1.54) is 6.07 Å². The van der Waals surface area contributed by atoms with Crippen molar-refractivity contribution in [2.24, 2.45) is 0 Å². The number of sulfonamides is 1. The molecule has 1 amide bonds. The number of carbonyl (C=O) groups excluding carboxylic acids is 1. The van der Waals surface area contributed by atoms with Crippen molar-refractivity contribution in [3.05, 3.63) is 59.4 Å². The van der Waals surface area contributed by atoms with Gasteiger partial charge in [-0.2, -0.15) is 0 Å². The molecule has 1 fully saturated rings. The number of hydrogen-bond donors (Lipinski definition) is 2. The van der Waals surface area contributed by atoms with Crippen molar-refractivity contribution >= 4 is 21.6 Å². The summed E-state index contributed by atoms with van der Waals surface area (Å²) in [5.41, 5.74) is 1.10. The van der Waals surface area contributed by atoms with E-state index in [1.807, 2.05) is 13.0 Å². The Bertz CT molecular complexity index is 892. The van der Waals surface area contributed by atoms with Crippen LogP contribution in [0, 0.1) is 12.7 Å². The standard InChI is InChI=1S/C17H17FN2O3S/c1-11-3-2-4-12(9-11)17(21)19-16-10-14(7-8-15(16)18)24(22,23)20-13-5-6-13/h2-4,7-10,13,20H,5-6H2,1H3,(H,19,21). The summed E-state index contributed by atoms with van der Waals surface area (Å²) in [7, 11) is -3.71. The fourth-order valence-electron chi connectivity index (χ4n) is 2.24. The molecule has 0 bridgehead atoms. The second kappa shape index (κ2) is 6.33. The molecule has 0 spiro atoms. The quantitative estimate of drug-likeness (QED) is 0.872. The van der Waals surface area contributed by atoms with Crippen molar-refractivity contribution in [3.8, 4) is 0 Å². The van der Waals surface area contributed by atoms with Crippen LogP contribution in [0.25, 0.3) is 0 Å². The molecule has 0 aromatic heterocycles. The van der Waals surface area contributed by atoms with Crippen LogP contribution >= 0.6 is 0 Å². The molecule has 0 aliphatic heterocycles. The van der Waals surface area contributed by atoms with Gasteiger partial charge in [-0.15, -0.1) is 0 Å². The lowest BCUT2D eigenvalue weighted by molar-refractivity contribution is 0.102. The molecule has 0 radical (unpaired) electrons. The average Bonchev–Trinajstić information content (AvgIpc) is 3.32. The number of rotatable bonds is 5. The molecule has 0 heterocycles. The molecular formula is C17H17FN2O3S. The summed E-state index contributed by atoms with van der Waals surface area (Å²) in [5.74, 6) is -1.19. The van der Waals surface area contributed by atoms with Crippen molar-refractivity contribution in [3.63, 3.8) is 0 Å². The maximum Gasteiger partial charge on any atom is 0.255 e. The molecule has 0 saturated heterocycles. The largest absolute Gasteiger partial charge is 0.319 e. The first-order chi connectivity index (χ1) is 11.3. The van der Waals surface area contributed by atoms with Crippen molar-refractivity contribution in [2.75, 3.05) is 5.32 Å². The van der Waals surface area contributed by atoms with Gasteiger partial charge in [0, 0.05) is 11.6 Å². The Balaban J connectivity index is 1.85. The number of benzene rings is 2. The molecule has 0 atom stereocenters. The summed E-state index contributed by atoms with van der Waals surface area (Å²) in [6, 6.07) is 10.1. The molecule has 2 N–H and O–H groups in total. The van der Waals surface area contributed by atoms with E-state index in [2.05, 4.69) is 10.0 Å². The molecule has 24 heavy (non-hydrogen) atoms. The number of amides is 1. The fraction of sp³-hybridized carbons (Fsp3) is 0.235. The molecule has 2 aromatic rings. The average molecular weight is 348 g/mol. The van der Waals surface area contributed by atoms with Crippen LogP contribution in [0.4, 0.5) is 10.1 Å². The predicted octanol–water partition coefficient (Wildman–Crippen LogP) is 2.83. The third-order valence-corrected chi connectivity index (χ3v) is 5.19. The second-order valence-electron chi connectivity index (χ2n) is 5.86. The van der Waals surface area contributed by atoms with E-state index in [0.29, 0.717) is 5.56 Å². The molecular weight excluding hydrogens is 331 g/mol. The highest BCUT2D eigenvalue weighted by Gasteiger charge is 2.28. The number of nitrogens with one attached hydrogen (secondary N) is 2. The summed E-state index contributed by atoms with van der Waals surface area (Å²) in [4.78, 5) is 12.2. The predicted molar refractivity (Wildman–Crippen MR) is 88.9 cm³/mol. The minimum atomic E-state index is -3.71. The highest BCUT2D eigenvalue weighted by Crippen LogP contribution is 2.25. The lowest BCUT2D eigenvalue weighted by Crippen LogP contribution is -2.26. The Morgan fingerprint density at radius 2 is 1.92 bits per heavy atom. The minimum Gasteiger partial charge on any atom is -0.319 e. The van der Waals surface area contributed by atoms with Gasteiger partial charge < -0.3 is 5.32 Å². The van der Waals surface area contributed by atoms with Crippen molar-refractivity contribution in [1.82, 2.24) is 4.72 Å². The number of aryl methyl sites for hydroxylation is 1.